The van der Waals surface area contributed by atoms with Gasteiger partial charge in [0.2, 0.25) is 0 Å². The van der Waals surface area contributed by atoms with Gasteiger partial charge in [0.25, 0.3) is 5.91 Å². The number of methoxy groups -OCH3 is 1. The summed E-state index contributed by atoms with van der Waals surface area (Å²) in [7, 11) is 1.46. The Hall–Kier alpha value is -3.51. The van der Waals surface area contributed by atoms with Crippen LogP contribution in [0.1, 0.15) is 21.5 Å². The van der Waals surface area contributed by atoms with Gasteiger partial charge in [0.1, 0.15) is 18.2 Å². The molecule has 0 heterocycles. The highest BCUT2D eigenvalue weighted by Gasteiger charge is 2.15. The largest absolute Gasteiger partial charge is 0.493 e. The van der Waals surface area contributed by atoms with E-state index in [-0.39, 0.29) is 23.4 Å². The van der Waals surface area contributed by atoms with E-state index in [2.05, 4.69) is 21.2 Å². The first-order valence-corrected chi connectivity index (χ1v) is 11.5. The van der Waals surface area contributed by atoms with E-state index in [4.69, 9.17) is 37.8 Å². The molecule has 7 nitrogen and oxygen atoms in total. The van der Waals surface area contributed by atoms with Gasteiger partial charge in [-0.25, -0.2) is 4.79 Å². The van der Waals surface area contributed by atoms with Crippen molar-refractivity contribution >= 4 is 62.8 Å². The molecule has 10 heteroatoms. The zero-order valence-corrected chi connectivity index (χ0v) is 21.2. The summed E-state index contributed by atoms with van der Waals surface area (Å²) < 4.78 is 11.9. The number of carboxylic acids is 1. The number of nitrogens with one attached hydrogen (secondary N) is 1. The van der Waals surface area contributed by atoms with Crippen molar-refractivity contribution in [2.75, 3.05) is 12.4 Å². The summed E-state index contributed by atoms with van der Waals surface area (Å²) in [6, 6.07) is 15.9. The first-order chi connectivity index (χ1) is 16.7. The smallest absolute Gasteiger partial charge is 0.335 e. The maximum absolute atomic E-state index is 12.6. The Morgan fingerprint density at radius 3 is 2.60 bits per heavy atom. The summed E-state index contributed by atoms with van der Waals surface area (Å²) in [5.41, 5.74) is 1.29. The summed E-state index contributed by atoms with van der Waals surface area (Å²) in [5.74, 6) is -1.05. The van der Waals surface area contributed by atoms with E-state index in [1.165, 1.54) is 37.5 Å². The number of benzene rings is 3. The Kier molecular flexibility index (Phi) is 8.77. The number of carbonyl (C=O) groups excluding carboxylic acids is 1. The van der Waals surface area contributed by atoms with Gasteiger partial charge in [0, 0.05) is 21.3 Å². The highest BCUT2D eigenvalue weighted by Crippen LogP contribution is 2.38. The maximum Gasteiger partial charge on any atom is 0.335 e. The maximum atomic E-state index is 12.6. The molecule has 0 atom stereocenters. The van der Waals surface area contributed by atoms with Crippen LogP contribution in [0.25, 0.3) is 6.08 Å². The fourth-order valence-electron chi connectivity index (χ4n) is 3.00. The Bertz CT molecular complexity index is 1370. The van der Waals surface area contributed by atoms with Gasteiger partial charge in [-0.05, 0) is 70.0 Å². The lowest BCUT2D eigenvalue weighted by atomic mass is 10.1. The monoisotopic (exact) mass is 574 g/mol. The fourth-order valence-corrected chi connectivity index (χ4v) is 4.03. The molecule has 178 valence electrons. The molecule has 0 aliphatic heterocycles. The highest BCUT2D eigenvalue weighted by atomic mass is 79.9. The lowest BCUT2D eigenvalue weighted by Crippen LogP contribution is -2.14. The molecule has 0 saturated heterocycles. The molecular weight excluding hydrogens is 559 g/mol. The van der Waals surface area contributed by atoms with Crippen LogP contribution in [0, 0.1) is 11.3 Å². The average molecular weight is 576 g/mol. The summed E-state index contributed by atoms with van der Waals surface area (Å²) in [6.45, 7) is 0.154. The topological polar surface area (TPSA) is 109 Å². The lowest BCUT2D eigenvalue weighted by Gasteiger charge is -2.14. The first-order valence-electron chi connectivity index (χ1n) is 9.92. The third kappa shape index (κ3) is 6.76. The number of anilines is 1. The number of nitrogens with zero attached hydrogens (tertiary/aromatic N) is 1. The second kappa shape index (κ2) is 11.8. The minimum absolute atomic E-state index is 0.00873. The van der Waals surface area contributed by atoms with Crippen molar-refractivity contribution in [2.24, 2.45) is 0 Å². The van der Waals surface area contributed by atoms with Gasteiger partial charge in [0.15, 0.2) is 11.5 Å². The van der Waals surface area contributed by atoms with Gasteiger partial charge in [-0.15, -0.1) is 0 Å². The van der Waals surface area contributed by atoms with Crippen molar-refractivity contribution < 1.29 is 24.2 Å². The number of carboxylic acid groups (broad SMARTS) is 1. The van der Waals surface area contributed by atoms with E-state index in [1.807, 2.05) is 6.07 Å². The molecule has 3 rings (SSSR count). The number of ether oxygens (including phenoxy) is 2. The second-order valence-electron chi connectivity index (χ2n) is 7.07. The molecule has 0 unspecified atom stereocenters. The second-order valence-corrected chi connectivity index (χ2v) is 8.77. The molecule has 3 aromatic carbocycles. The average Bonchev–Trinajstić information content (AvgIpc) is 2.82. The van der Waals surface area contributed by atoms with Crippen molar-refractivity contribution in [3.63, 3.8) is 0 Å². The van der Waals surface area contributed by atoms with Crippen LogP contribution < -0.4 is 14.8 Å². The number of amides is 1. The van der Waals surface area contributed by atoms with Gasteiger partial charge in [-0.1, -0.05) is 35.3 Å². The predicted octanol–water partition coefficient (Wildman–Crippen LogP) is 6.59. The molecule has 0 aromatic heterocycles. The Balaban J connectivity index is 1.82. The van der Waals surface area contributed by atoms with Crippen LogP contribution in [0.3, 0.4) is 0 Å². The first kappa shape index (κ1) is 26.1. The zero-order chi connectivity index (χ0) is 25.5. The molecule has 35 heavy (non-hydrogen) atoms. The van der Waals surface area contributed by atoms with Gasteiger partial charge < -0.3 is 19.9 Å². The molecule has 0 radical (unpaired) electrons. The van der Waals surface area contributed by atoms with Crippen molar-refractivity contribution in [2.45, 2.75) is 6.61 Å². The molecule has 0 aliphatic carbocycles. The molecule has 0 spiro atoms. The summed E-state index contributed by atoms with van der Waals surface area (Å²) in [6.07, 6.45) is 1.38. The number of halogens is 3. The van der Waals surface area contributed by atoms with Crippen molar-refractivity contribution in [1.29, 1.82) is 5.26 Å². The summed E-state index contributed by atoms with van der Waals surface area (Å²) >= 11 is 15.6. The van der Waals surface area contributed by atoms with Crippen molar-refractivity contribution in [1.82, 2.24) is 0 Å². The van der Waals surface area contributed by atoms with Crippen molar-refractivity contribution in [3.8, 4) is 17.6 Å². The number of rotatable bonds is 8. The lowest BCUT2D eigenvalue weighted by molar-refractivity contribution is -0.112. The van der Waals surface area contributed by atoms with Crippen molar-refractivity contribution in [3.05, 3.63) is 91.4 Å². The standard InChI is InChI=1S/C25H17BrCl2N2O5/c1-34-22-9-14(8-20(26)23(22)35-13-16-5-6-18(27)11-21(16)28)7-17(12-29)24(31)30-19-4-2-3-15(10-19)25(32)33/h2-11H,13H2,1H3,(H,30,31)(H,32,33)/b17-7-. The number of hydrogen-bond donors (Lipinski definition) is 2. The van der Waals surface area contributed by atoms with E-state index in [0.717, 1.165) is 5.56 Å². The number of carbonyl (C=O) groups is 2. The molecule has 0 fully saturated rings. The van der Waals surface area contributed by atoms with Crippen LogP contribution in [0.4, 0.5) is 5.69 Å². The zero-order valence-electron chi connectivity index (χ0n) is 18.1. The van der Waals surface area contributed by atoms with Gasteiger partial charge in [0.05, 0.1) is 17.1 Å². The SMILES string of the molecule is COc1cc(/C=C(/C#N)C(=O)Nc2cccc(C(=O)O)c2)cc(Br)c1OCc1ccc(Cl)cc1Cl. The van der Waals surface area contributed by atoms with E-state index in [1.54, 1.807) is 30.3 Å². The minimum Gasteiger partial charge on any atom is -0.493 e. The third-order valence-electron chi connectivity index (χ3n) is 4.68. The predicted molar refractivity (Wildman–Crippen MR) is 137 cm³/mol. The van der Waals surface area contributed by atoms with E-state index >= 15 is 0 Å². The molecule has 0 bridgehead atoms. The molecule has 2 N–H and O–H groups in total. The van der Waals surface area contributed by atoms with Crippen LogP contribution in [0.2, 0.25) is 10.0 Å². The third-order valence-corrected chi connectivity index (χ3v) is 5.86. The summed E-state index contributed by atoms with van der Waals surface area (Å²) in [4.78, 5) is 23.7. The Morgan fingerprint density at radius 1 is 1.17 bits per heavy atom. The Labute approximate surface area is 219 Å². The van der Waals surface area contributed by atoms with Gasteiger partial charge in [-0.2, -0.15) is 5.26 Å². The molecule has 0 saturated carbocycles. The molecule has 1 amide bonds. The highest BCUT2D eigenvalue weighted by molar-refractivity contribution is 9.10. The Morgan fingerprint density at radius 2 is 1.94 bits per heavy atom. The normalized spacial score (nSPS) is 10.9. The van der Waals surface area contributed by atoms with Gasteiger partial charge >= 0.3 is 5.97 Å². The van der Waals surface area contributed by atoms with E-state index < -0.39 is 11.9 Å². The quantitative estimate of drug-likeness (QED) is 0.232. The fraction of sp³-hybridized carbons (Fsp3) is 0.0800. The van der Waals surface area contributed by atoms with Crippen LogP contribution in [-0.4, -0.2) is 24.1 Å². The number of nitriles is 1. The van der Waals surface area contributed by atoms with Crippen LogP contribution >= 0.6 is 39.1 Å². The number of hydrogen-bond acceptors (Lipinski definition) is 5. The van der Waals surface area contributed by atoms with Gasteiger partial charge in [-0.3, -0.25) is 4.79 Å². The molecule has 0 aliphatic rings. The van der Waals surface area contributed by atoms with E-state index in [9.17, 15) is 14.9 Å². The molecule has 3 aromatic rings. The van der Waals surface area contributed by atoms with E-state index in [0.29, 0.717) is 31.6 Å². The molecular formula is C25H17BrCl2N2O5. The summed E-state index contributed by atoms with van der Waals surface area (Å²) in [5, 5.41) is 22.1. The van der Waals surface area contributed by atoms with Crippen LogP contribution in [-0.2, 0) is 11.4 Å². The van der Waals surface area contributed by atoms with Crippen LogP contribution in [0.15, 0.2) is 64.6 Å². The van der Waals surface area contributed by atoms with Crippen LogP contribution in [0.5, 0.6) is 11.5 Å². The minimum atomic E-state index is -1.13. The number of aromatic carboxylic acids is 1.